The van der Waals surface area contributed by atoms with Crippen LogP contribution in [-0.2, 0) is 32.6 Å². The first-order valence-electron chi connectivity index (χ1n) is 16.6. The topological polar surface area (TPSA) is 102 Å². The van der Waals surface area contributed by atoms with E-state index in [-0.39, 0.29) is 36.1 Å². The number of amides is 2. The lowest BCUT2D eigenvalue weighted by atomic mass is 9.83. The molecule has 2 unspecified atom stereocenters. The molecule has 3 atom stereocenters. The maximum atomic E-state index is 14.0. The molecule has 2 aromatic rings. The van der Waals surface area contributed by atoms with Gasteiger partial charge in [-0.05, 0) is 54.0 Å². The van der Waals surface area contributed by atoms with Crippen LogP contribution in [0.15, 0.2) is 48.5 Å². The molecule has 2 saturated heterocycles. The minimum absolute atomic E-state index is 0.0749. The van der Waals surface area contributed by atoms with Gasteiger partial charge in [-0.2, -0.15) is 0 Å². The maximum absolute atomic E-state index is 14.0. The van der Waals surface area contributed by atoms with Crippen molar-refractivity contribution < 1.29 is 18.0 Å². The van der Waals surface area contributed by atoms with Gasteiger partial charge in [0.1, 0.15) is 6.04 Å². The molecule has 1 aliphatic carbocycles. The highest BCUT2D eigenvalue weighted by Gasteiger charge is 2.38. The van der Waals surface area contributed by atoms with Crippen molar-refractivity contribution >= 4 is 33.4 Å². The van der Waals surface area contributed by atoms with Gasteiger partial charge in [0, 0.05) is 75.8 Å². The third-order valence-electron chi connectivity index (χ3n) is 10.2. The highest BCUT2D eigenvalue weighted by atomic mass is 35.5. The van der Waals surface area contributed by atoms with Crippen molar-refractivity contribution in [2.24, 2.45) is 5.92 Å². The summed E-state index contributed by atoms with van der Waals surface area (Å²) in [6.45, 7) is 4.40. The standard InChI is InChI=1S/C34H46ClN5O4S/c35-28-13-11-25(12-14-28)21-31(37-33(41)22-30-29-10-5-4-9-27(29)23-36-30)34(42)39-18-16-38(17-19-39)32(26-7-2-1-3-8-26)24-40-15-6-20-45(40,43)44/h4-5,9-14,26,30-32,36H,1-3,6-8,15-24H2,(H,37,41)/t30?,31-,32?/m1/s1. The number of hydrogen-bond acceptors (Lipinski definition) is 6. The molecule has 0 aromatic heterocycles. The molecule has 4 aliphatic rings. The number of nitrogens with zero attached hydrogens (tertiary/aromatic N) is 3. The summed E-state index contributed by atoms with van der Waals surface area (Å²) >= 11 is 6.12. The van der Waals surface area contributed by atoms with Gasteiger partial charge in [-0.15, -0.1) is 0 Å². The molecule has 3 heterocycles. The van der Waals surface area contributed by atoms with Crippen LogP contribution in [0.3, 0.4) is 0 Å². The van der Waals surface area contributed by atoms with E-state index in [9.17, 15) is 18.0 Å². The molecule has 0 radical (unpaired) electrons. The number of hydrogen-bond donors (Lipinski definition) is 2. The number of carbonyl (C=O) groups excluding carboxylic acids is 2. The minimum atomic E-state index is -3.18. The second kappa shape index (κ2) is 14.5. The number of carbonyl (C=O) groups is 2. The van der Waals surface area contributed by atoms with Crippen molar-refractivity contribution in [1.82, 2.24) is 24.7 Å². The van der Waals surface area contributed by atoms with Gasteiger partial charge in [-0.25, -0.2) is 12.7 Å². The molecule has 9 nitrogen and oxygen atoms in total. The van der Waals surface area contributed by atoms with Crippen molar-refractivity contribution in [3.8, 4) is 0 Å². The highest BCUT2D eigenvalue weighted by molar-refractivity contribution is 7.89. The molecule has 3 fully saturated rings. The van der Waals surface area contributed by atoms with Crippen LogP contribution in [0.1, 0.15) is 67.7 Å². The fraction of sp³-hybridized carbons (Fsp3) is 0.588. The lowest BCUT2D eigenvalue weighted by Crippen LogP contribution is -2.59. The molecule has 2 N–H and O–H groups in total. The summed E-state index contributed by atoms with van der Waals surface area (Å²) in [6, 6.07) is 15.0. The normalized spacial score (nSPS) is 23.8. The van der Waals surface area contributed by atoms with E-state index in [1.807, 2.05) is 41.3 Å². The molecule has 2 amide bonds. The van der Waals surface area contributed by atoms with Crippen molar-refractivity contribution in [2.45, 2.75) is 76.0 Å². The molecule has 2 aromatic carbocycles. The Bertz CT molecular complexity index is 1440. The molecule has 6 rings (SSSR count). The maximum Gasteiger partial charge on any atom is 0.245 e. The Morgan fingerprint density at radius 1 is 0.933 bits per heavy atom. The summed E-state index contributed by atoms with van der Waals surface area (Å²) in [5, 5.41) is 7.14. The Hall–Kier alpha value is -2.50. The average molecular weight is 656 g/mol. The highest BCUT2D eigenvalue weighted by Crippen LogP contribution is 2.32. The van der Waals surface area contributed by atoms with Gasteiger partial charge in [-0.3, -0.25) is 14.5 Å². The SMILES string of the molecule is O=C(CC1NCc2ccccc21)N[C@H](Cc1ccc(Cl)cc1)C(=O)N1CCN(C(CN2CCCS2(=O)=O)C2CCCCC2)CC1. The third kappa shape index (κ3) is 7.91. The lowest BCUT2D eigenvalue weighted by Gasteiger charge is -2.44. The van der Waals surface area contributed by atoms with E-state index in [0.29, 0.717) is 63.1 Å². The average Bonchev–Trinajstić information content (AvgIpc) is 3.62. The number of fused-ring (bicyclic) bond motifs is 1. The third-order valence-corrected chi connectivity index (χ3v) is 12.4. The molecular weight excluding hydrogens is 610 g/mol. The number of rotatable bonds is 10. The zero-order chi connectivity index (χ0) is 31.4. The first-order chi connectivity index (χ1) is 21.8. The van der Waals surface area contributed by atoms with Gasteiger partial charge in [0.25, 0.3) is 0 Å². The molecule has 244 valence electrons. The number of halogens is 1. The van der Waals surface area contributed by atoms with Crippen LogP contribution in [0.5, 0.6) is 0 Å². The first kappa shape index (κ1) is 32.4. The molecule has 3 aliphatic heterocycles. The van der Waals surface area contributed by atoms with Crippen LogP contribution in [0.2, 0.25) is 5.02 Å². The van der Waals surface area contributed by atoms with Crippen LogP contribution in [-0.4, -0.2) is 91.4 Å². The second-order valence-corrected chi connectivity index (χ2v) is 15.7. The quantitative estimate of drug-likeness (QED) is 0.405. The second-order valence-electron chi connectivity index (χ2n) is 13.1. The Balaban J connectivity index is 1.12. The first-order valence-corrected chi connectivity index (χ1v) is 18.6. The van der Waals surface area contributed by atoms with Crippen molar-refractivity contribution in [1.29, 1.82) is 0 Å². The predicted molar refractivity (Wildman–Crippen MR) is 176 cm³/mol. The Labute approximate surface area is 272 Å². The van der Waals surface area contributed by atoms with E-state index in [2.05, 4.69) is 27.7 Å². The smallest absolute Gasteiger partial charge is 0.245 e. The van der Waals surface area contributed by atoms with Crippen molar-refractivity contribution in [3.63, 3.8) is 0 Å². The predicted octanol–water partition coefficient (Wildman–Crippen LogP) is 3.73. The van der Waals surface area contributed by atoms with Gasteiger partial charge in [0.2, 0.25) is 21.8 Å². The van der Waals surface area contributed by atoms with Crippen LogP contribution in [0, 0.1) is 5.92 Å². The molecule has 0 spiro atoms. The summed E-state index contributed by atoms with van der Waals surface area (Å²) in [5.74, 6) is 0.493. The van der Waals surface area contributed by atoms with Gasteiger partial charge < -0.3 is 15.5 Å². The summed E-state index contributed by atoms with van der Waals surface area (Å²) in [6.07, 6.45) is 7.25. The lowest BCUT2D eigenvalue weighted by molar-refractivity contribution is -0.138. The van der Waals surface area contributed by atoms with E-state index in [0.717, 1.165) is 30.5 Å². The van der Waals surface area contributed by atoms with Crippen LogP contribution >= 0.6 is 11.6 Å². The van der Waals surface area contributed by atoms with E-state index in [4.69, 9.17) is 11.6 Å². The Morgan fingerprint density at radius 2 is 1.67 bits per heavy atom. The van der Waals surface area contributed by atoms with Crippen LogP contribution < -0.4 is 10.6 Å². The van der Waals surface area contributed by atoms with E-state index < -0.39 is 16.1 Å². The van der Waals surface area contributed by atoms with Crippen LogP contribution in [0.4, 0.5) is 0 Å². The largest absolute Gasteiger partial charge is 0.344 e. The Morgan fingerprint density at radius 3 is 2.38 bits per heavy atom. The molecule has 11 heteroatoms. The summed E-state index contributed by atoms with van der Waals surface area (Å²) in [4.78, 5) is 31.7. The van der Waals surface area contributed by atoms with Gasteiger partial charge in [0.15, 0.2) is 0 Å². The zero-order valence-corrected chi connectivity index (χ0v) is 27.6. The number of benzene rings is 2. The fourth-order valence-electron chi connectivity index (χ4n) is 7.74. The summed E-state index contributed by atoms with van der Waals surface area (Å²) < 4.78 is 27.1. The summed E-state index contributed by atoms with van der Waals surface area (Å²) in [5.41, 5.74) is 3.28. The molecule has 1 saturated carbocycles. The fourth-order valence-corrected chi connectivity index (χ4v) is 9.40. The van der Waals surface area contributed by atoms with Gasteiger partial charge in [0.05, 0.1) is 5.75 Å². The number of piperazine rings is 1. The summed E-state index contributed by atoms with van der Waals surface area (Å²) in [7, 11) is -3.18. The number of nitrogens with one attached hydrogen (secondary N) is 2. The van der Waals surface area contributed by atoms with Crippen molar-refractivity contribution in [3.05, 3.63) is 70.2 Å². The zero-order valence-electron chi connectivity index (χ0n) is 26.0. The minimum Gasteiger partial charge on any atom is -0.344 e. The molecule has 45 heavy (non-hydrogen) atoms. The van der Waals surface area contributed by atoms with Crippen LogP contribution in [0.25, 0.3) is 0 Å². The van der Waals surface area contributed by atoms with Crippen molar-refractivity contribution in [2.75, 3.05) is 45.0 Å². The van der Waals surface area contributed by atoms with E-state index in [1.165, 1.54) is 24.8 Å². The van der Waals surface area contributed by atoms with E-state index in [1.54, 1.807) is 4.31 Å². The monoisotopic (exact) mass is 655 g/mol. The number of sulfonamides is 1. The molecule has 0 bridgehead atoms. The van der Waals surface area contributed by atoms with Gasteiger partial charge >= 0.3 is 0 Å². The van der Waals surface area contributed by atoms with Gasteiger partial charge in [-0.1, -0.05) is 67.3 Å². The molecular formula is C34H46ClN5O4S. The van der Waals surface area contributed by atoms with E-state index >= 15 is 0 Å². The Kier molecular flexibility index (Phi) is 10.5.